The molecule has 0 bridgehead atoms. The summed E-state index contributed by atoms with van der Waals surface area (Å²) in [4.78, 5) is 43.9. The molecule has 1 aliphatic heterocycles. The third-order valence-electron chi connectivity index (χ3n) is 5.28. The van der Waals surface area contributed by atoms with Crippen LogP contribution >= 0.6 is 11.3 Å². The highest BCUT2D eigenvalue weighted by Crippen LogP contribution is 2.37. The van der Waals surface area contributed by atoms with E-state index in [-0.39, 0.29) is 24.7 Å². The van der Waals surface area contributed by atoms with Crippen molar-refractivity contribution in [3.63, 3.8) is 0 Å². The van der Waals surface area contributed by atoms with Gasteiger partial charge in [-0.1, -0.05) is 6.42 Å². The molecule has 12 heteroatoms. The molecule has 0 saturated carbocycles. The molecule has 0 radical (unpaired) electrons. The molecule has 1 unspecified atom stereocenters. The highest BCUT2D eigenvalue weighted by molar-refractivity contribution is 7.14. The average molecular weight is 463 g/mol. The van der Waals surface area contributed by atoms with Crippen LogP contribution in [0.5, 0.6) is 0 Å². The number of carboxylic acids is 2. The van der Waals surface area contributed by atoms with E-state index in [1.807, 2.05) is 6.07 Å². The maximum absolute atomic E-state index is 12.3. The molecular formula is C20H26N6O5S. The highest BCUT2D eigenvalue weighted by atomic mass is 32.1. The van der Waals surface area contributed by atoms with Crippen LogP contribution in [-0.4, -0.2) is 50.6 Å². The van der Waals surface area contributed by atoms with Crippen LogP contribution in [-0.2, 0) is 16.0 Å². The number of carboxylic acid groups (broad SMARTS) is 2. The lowest BCUT2D eigenvalue weighted by atomic mass is 9.96. The third kappa shape index (κ3) is 5.84. The SMILES string of the molecule is Nc1nc(N)c2c(n1)NCC2CCCCc1ccc(C(=O)N[C@@H](CCC(=O)O)C(=O)O)s1. The lowest BCUT2D eigenvalue weighted by Gasteiger charge is -2.12. The molecule has 3 rings (SSSR count). The fraction of sp³-hybridized carbons (Fsp3) is 0.450. The average Bonchev–Trinajstić information content (AvgIpc) is 3.35. The van der Waals surface area contributed by atoms with E-state index in [1.54, 1.807) is 6.07 Å². The number of fused-ring (bicyclic) bond motifs is 1. The van der Waals surface area contributed by atoms with Crippen molar-refractivity contribution in [2.45, 2.75) is 50.5 Å². The Hall–Kier alpha value is -3.41. The second kappa shape index (κ2) is 10.3. The highest BCUT2D eigenvalue weighted by Gasteiger charge is 2.27. The molecule has 8 N–H and O–H groups in total. The second-order valence-electron chi connectivity index (χ2n) is 7.62. The van der Waals surface area contributed by atoms with E-state index >= 15 is 0 Å². The molecule has 0 aliphatic carbocycles. The van der Waals surface area contributed by atoms with Crippen LogP contribution in [0.15, 0.2) is 12.1 Å². The molecule has 2 aromatic rings. The number of rotatable bonds is 11. The number of aromatic nitrogens is 2. The summed E-state index contributed by atoms with van der Waals surface area (Å²) in [5, 5.41) is 23.5. The van der Waals surface area contributed by atoms with Crippen molar-refractivity contribution < 1.29 is 24.6 Å². The van der Waals surface area contributed by atoms with Gasteiger partial charge in [-0.15, -0.1) is 11.3 Å². The van der Waals surface area contributed by atoms with Gasteiger partial charge in [0.2, 0.25) is 5.95 Å². The zero-order valence-corrected chi connectivity index (χ0v) is 18.2. The third-order valence-corrected chi connectivity index (χ3v) is 6.42. The van der Waals surface area contributed by atoms with Crippen LogP contribution in [0.4, 0.5) is 17.6 Å². The number of thiophene rings is 1. The lowest BCUT2D eigenvalue weighted by molar-refractivity contribution is -0.140. The number of aryl methyl sites for hydroxylation is 1. The van der Waals surface area contributed by atoms with Crippen molar-refractivity contribution in [3.8, 4) is 0 Å². The molecule has 0 saturated heterocycles. The summed E-state index contributed by atoms with van der Waals surface area (Å²) in [7, 11) is 0. The fourth-order valence-corrected chi connectivity index (χ4v) is 4.64. The largest absolute Gasteiger partial charge is 0.481 e. The summed E-state index contributed by atoms with van der Waals surface area (Å²) in [6, 6.07) is 2.28. The number of nitrogen functional groups attached to an aromatic ring is 2. The number of hydrogen-bond acceptors (Lipinski definition) is 9. The number of nitrogens with one attached hydrogen (secondary N) is 2. The Balaban J connectivity index is 1.46. The Morgan fingerprint density at radius 3 is 2.72 bits per heavy atom. The number of hydrogen-bond donors (Lipinski definition) is 6. The Labute approximate surface area is 188 Å². The Kier molecular flexibility index (Phi) is 7.46. The summed E-state index contributed by atoms with van der Waals surface area (Å²) in [5.41, 5.74) is 12.6. The minimum Gasteiger partial charge on any atom is -0.481 e. The number of nitrogens with two attached hydrogens (primary N) is 2. The first-order valence-electron chi connectivity index (χ1n) is 10.3. The van der Waals surface area contributed by atoms with Gasteiger partial charge in [-0.25, -0.2) is 4.79 Å². The van der Waals surface area contributed by atoms with E-state index < -0.39 is 23.9 Å². The van der Waals surface area contributed by atoms with E-state index in [1.165, 1.54) is 11.3 Å². The molecule has 0 aromatic carbocycles. The van der Waals surface area contributed by atoms with Crippen molar-refractivity contribution in [1.82, 2.24) is 15.3 Å². The topological polar surface area (TPSA) is 194 Å². The standard InChI is InChI=1S/C20H26N6O5S/c21-16-15-10(9-23-17(15)26-20(22)25-16)3-1-2-4-11-5-7-13(32-11)18(29)24-12(19(30)31)6-8-14(27)28/h5,7,10,12H,1-4,6,8-9H2,(H,24,29)(H,27,28)(H,30,31)(H5,21,22,23,25,26)/t10?,12-/m0/s1. The Morgan fingerprint density at radius 2 is 2.00 bits per heavy atom. The number of unbranched alkanes of at least 4 members (excludes halogenated alkanes) is 1. The summed E-state index contributed by atoms with van der Waals surface area (Å²) in [6.45, 7) is 0.744. The van der Waals surface area contributed by atoms with Crippen molar-refractivity contribution in [1.29, 1.82) is 0 Å². The van der Waals surface area contributed by atoms with Crippen LogP contribution in [0.25, 0.3) is 0 Å². The fourth-order valence-electron chi connectivity index (χ4n) is 3.69. The molecule has 1 aliphatic rings. The van der Waals surface area contributed by atoms with Crippen LogP contribution in [0.2, 0.25) is 0 Å². The van der Waals surface area contributed by atoms with Gasteiger partial charge in [-0.3, -0.25) is 9.59 Å². The minimum atomic E-state index is -1.26. The number of anilines is 3. The summed E-state index contributed by atoms with van der Waals surface area (Å²) in [5.74, 6) is -1.37. The van der Waals surface area contributed by atoms with Crippen molar-refractivity contribution in [2.24, 2.45) is 0 Å². The predicted molar refractivity (Wildman–Crippen MR) is 120 cm³/mol. The molecule has 1 amide bonds. The Morgan fingerprint density at radius 1 is 1.22 bits per heavy atom. The van der Waals surface area contributed by atoms with Gasteiger partial charge in [-0.05, 0) is 37.8 Å². The number of carbonyl (C=O) groups excluding carboxylic acids is 1. The monoisotopic (exact) mass is 462 g/mol. The van der Waals surface area contributed by atoms with Crippen molar-refractivity contribution in [3.05, 3.63) is 27.5 Å². The second-order valence-corrected chi connectivity index (χ2v) is 8.78. The minimum absolute atomic E-state index is 0.156. The molecule has 0 spiro atoms. The van der Waals surface area contributed by atoms with Crippen LogP contribution < -0.4 is 22.1 Å². The summed E-state index contributed by atoms with van der Waals surface area (Å²) >= 11 is 1.31. The van der Waals surface area contributed by atoms with E-state index in [2.05, 4.69) is 20.6 Å². The van der Waals surface area contributed by atoms with Gasteiger partial charge in [0.25, 0.3) is 5.91 Å². The van der Waals surface area contributed by atoms with Crippen molar-refractivity contribution in [2.75, 3.05) is 23.3 Å². The predicted octanol–water partition coefficient (Wildman–Crippen LogP) is 1.67. The molecule has 2 atom stereocenters. The summed E-state index contributed by atoms with van der Waals surface area (Å²) in [6.07, 6.45) is 3.07. The first-order valence-corrected chi connectivity index (χ1v) is 11.1. The molecule has 0 fully saturated rings. The van der Waals surface area contributed by atoms with Gasteiger partial charge < -0.3 is 32.3 Å². The normalized spacial score (nSPS) is 15.6. The van der Waals surface area contributed by atoms with E-state index in [0.29, 0.717) is 16.5 Å². The number of carbonyl (C=O) groups is 3. The Bertz CT molecular complexity index is 1010. The number of amides is 1. The van der Waals surface area contributed by atoms with Gasteiger partial charge in [-0.2, -0.15) is 9.97 Å². The molecular weight excluding hydrogens is 436 g/mol. The molecule has 11 nitrogen and oxygen atoms in total. The van der Waals surface area contributed by atoms with E-state index in [4.69, 9.17) is 16.6 Å². The van der Waals surface area contributed by atoms with Gasteiger partial charge in [0.15, 0.2) is 0 Å². The lowest BCUT2D eigenvalue weighted by Crippen LogP contribution is -2.40. The van der Waals surface area contributed by atoms with Crippen LogP contribution in [0.3, 0.4) is 0 Å². The van der Waals surface area contributed by atoms with Gasteiger partial charge in [0.05, 0.1) is 4.88 Å². The van der Waals surface area contributed by atoms with Crippen molar-refractivity contribution >= 4 is 46.8 Å². The summed E-state index contributed by atoms with van der Waals surface area (Å²) < 4.78 is 0. The molecule has 2 aromatic heterocycles. The first kappa shape index (κ1) is 23.3. The number of nitrogens with zero attached hydrogens (tertiary/aromatic N) is 2. The van der Waals surface area contributed by atoms with Crippen LogP contribution in [0, 0.1) is 0 Å². The molecule has 3 heterocycles. The quantitative estimate of drug-likeness (QED) is 0.267. The van der Waals surface area contributed by atoms with E-state index in [9.17, 15) is 19.5 Å². The van der Waals surface area contributed by atoms with Crippen LogP contribution in [0.1, 0.15) is 58.1 Å². The van der Waals surface area contributed by atoms with Gasteiger partial charge in [0, 0.05) is 29.3 Å². The maximum atomic E-state index is 12.3. The molecule has 172 valence electrons. The van der Waals surface area contributed by atoms with Gasteiger partial charge in [0.1, 0.15) is 17.7 Å². The first-order chi connectivity index (χ1) is 15.2. The van der Waals surface area contributed by atoms with Gasteiger partial charge >= 0.3 is 11.9 Å². The zero-order valence-electron chi connectivity index (χ0n) is 17.3. The molecule has 32 heavy (non-hydrogen) atoms. The van der Waals surface area contributed by atoms with E-state index in [0.717, 1.165) is 42.7 Å². The maximum Gasteiger partial charge on any atom is 0.326 e. The smallest absolute Gasteiger partial charge is 0.326 e. The number of aliphatic carboxylic acids is 2. The zero-order chi connectivity index (χ0) is 23.3.